The summed E-state index contributed by atoms with van der Waals surface area (Å²) in [5.41, 5.74) is -0.607. The van der Waals surface area contributed by atoms with Gasteiger partial charge in [0, 0.05) is 0 Å². The molecule has 0 aliphatic rings. The van der Waals surface area contributed by atoms with Gasteiger partial charge in [-0.15, -0.1) is 0 Å². The van der Waals surface area contributed by atoms with Gasteiger partial charge in [0.25, 0.3) is 5.91 Å². The number of rotatable bonds is 4. The van der Waals surface area contributed by atoms with Crippen LogP contribution in [0.2, 0.25) is 0 Å². The number of hydrogen-bond donors (Lipinski definition) is 3. The molecular formula is C8H14N4O2. The number of nitrogens with one attached hydrogen (secondary N) is 2. The van der Waals surface area contributed by atoms with Crippen molar-refractivity contribution in [2.45, 2.75) is 25.8 Å². The van der Waals surface area contributed by atoms with E-state index in [1.807, 2.05) is 6.92 Å². The Morgan fingerprint density at radius 2 is 2.50 bits per heavy atom. The zero-order valence-corrected chi connectivity index (χ0v) is 8.24. The van der Waals surface area contributed by atoms with Gasteiger partial charge in [0.1, 0.15) is 6.33 Å². The third-order valence-corrected chi connectivity index (χ3v) is 2.17. The molecule has 0 aliphatic carbocycles. The third kappa shape index (κ3) is 2.29. The standard InChI is InChI=1S/C8H14N4O2/c1-3-8(2,4-13)11-7(14)6-9-5-10-12-6/h5,13H,3-4H2,1-2H3,(H,11,14)(H,9,10,12). The molecule has 6 nitrogen and oxygen atoms in total. The van der Waals surface area contributed by atoms with Crippen LogP contribution in [0.15, 0.2) is 6.33 Å². The maximum Gasteiger partial charge on any atom is 0.289 e. The number of aliphatic hydroxyl groups is 1. The predicted octanol–water partition coefficient (Wildman–Crippen LogP) is -0.305. The summed E-state index contributed by atoms with van der Waals surface area (Å²) in [6.45, 7) is 3.54. The first kappa shape index (κ1) is 10.6. The monoisotopic (exact) mass is 198 g/mol. The molecule has 1 amide bonds. The SMILES string of the molecule is CCC(C)(CO)NC(=O)c1ncn[nH]1. The average molecular weight is 198 g/mol. The molecule has 0 radical (unpaired) electrons. The van der Waals surface area contributed by atoms with E-state index in [0.717, 1.165) is 0 Å². The van der Waals surface area contributed by atoms with Crippen molar-refractivity contribution in [3.05, 3.63) is 12.2 Å². The largest absolute Gasteiger partial charge is 0.394 e. The van der Waals surface area contributed by atoms with Crippen LogP contribution in [0.4, 0.5) is 0 Å². The highest BCUT2D eigenvalue weighted by atomic mass is 16.3. The van der Waals surface area contributed by atoms with Crippen LogP contribution in [0.5, 0.6) is 0 Å². The lowest BCUT2D eigenvalue weighted by atomic mass is 10.0. The number of hydrogen-bond acceptors (Lipinski definition) is 4. The van der Waals surface area contributed by atoms with Crippen molar-refractivity contribution in [1.29, 1.82) is 0 Å². The molecule has 0 saturated heterocycles. The summed E-state index contributed by atoms with van der Waals surface area (Å²) >= 11 is 0. The minimum atomic E-state index is -0.607. The quantitative estimate of drug-likeness (QED) is 0.619. The number of aliphatic hydroxyl groups excluding tert-OH is 1. The van der Waals surface area contributed by atoms with E-state index in [0.29, 0.717) is 6.42 Å². The molecule has 0 aromatic carbocycles. The van der Waals surface area contributed by atoms with Crippen molar-refractivity contribution in [2.75, 3.05) is 6.61 Å². The molecule has 6 heteroatoms. The number of aromatic nitrogens is 3. The Kier molecular flexibility index (Phi) is 3.19. The second kappa shape index (κ2) is 4.19. The first-order valence-electron chi connectivity index (χ1n) is 4.40. The van der Waals surface area contributed by atoms with Gasteiger partial charge >= 0.3 is 0 Å². The van der Waals surface area contributed by atoms with Crippen LogP contribution in [0.3, 0.4) is 0 Å². The molecule has 0 aliphatic heterocycles. The molecule has 1 aromatic rings. The molecule has 1 unspecified atom stereocenters. The van der Waals surface area contributed by atoms with Gasteiger partial charge in [-0.25, -0.2) is 4.98 Å². The topological polar surface area (TPSA) is 90.9 Å². The van der Waals surface area contributed by atoms with Crippen LogP contribution in [0, 0.1) is 0 Å². The van der Waals surface area contributed by atoms with Crippen LogP contribution < -0.4 is 5.32 Å². The fraction of sp³-hybridized carbons (Fsp3) is 0.625. The fourth-order valence-corrected chi connectivity index (χ4v) is 0.888. The normalized spacial score (nSPS) is 14.8. The first-order chi connectivity index (χ1) is 6.61. The molecule has 14 heavy (non-hydrogen) atoms. The van der Waals surface area contributed by atoms with Crippen molar-refractivity contribution < 1.29 is 9.90 Å². The summed E-state index contributed by atoms with van der Waals surface area (Å²) < 4.78 is 0. The van der Waals surface area contributed by atoms with E-state index < -0.39 is 5.54 Å². The van der Waals surface area contributed by atoms with Crippen LogP contribution >= 0.6 is 0 Å². The van der Waals surface area contributed by atoms with E-state index in [2.05, 4.69) is 20.5 Å². The molecule has 0 fully saturated rings. The molecule has 0 spiro atoms. The third-order valence-electron chi connectivity index (χ3n) is 2.17. The second-order valence-electron chi connectivity index (χ2n) is 3.36. The minimum Gasteiger partial charge on any atom is -0.394 e. The van der Waals surface area contributed by atoms with Gasteiger partial charge in [0.05, 0.1) is 12.1 Å². The molecular weight excluding hydrogens is 184 g/mol. The lowest BCUT2D eigenvalue weighted by molar-refractivity contribution is 0.0837. The van der Waals surface area contributed by atoms with E-state index >= 15 is 0 Å². The van der Waals surface area contributed by atoms with Crippen LogP contribution in [-0.2, 0) is 0 Å². The van der Waals surface area contributed by atoms with Crippen LogP contribution in [0.1, 0.15) is 30.9 Å². The molecule has 1 aromatic heterocycles. The van der Waals surface area contributed by atoms with Gasteiger partial charge in [0.2, 0.25) is 5.82 Å². The van der Waals surface area contributed by atoms with Gasteiger partial charge in [-0.1, -0.05) is 6.92 Å². The number of H-pyrrole nitrogens is 1. The summed E-state index contributed by atoms with van der Waals surface area (Å²) in [5.74, 6) is -0.209. The Labute approximate surface area is 81.7 Å². The molecule has 0 bridgehead atoms. The lowest BCUT2D eigenvalue weighted by Crippen LogP contribution is -2.48. The highest BCUT2D eigenvalue weighted by molar-refractivity contribution is 5.90. The van der Waals surface area contributed by atoms with E-state index in [1.54, 1.807) is 6.92 Å². The summed E-state index contributed by atoms with van der Waals surface area (Å²) in [7, 11) is 0. The van der Waals surface area contributed by atoms with Crippen LogP contribution in [0.25, 0.3) is 0 Å². The minimum absolute atomic E-state index is 0.108. The summed E-state index contributed by atoms with van der Waals surface area (Å²) in [6, 6.07) is 0. The van der Waals surface area contributed by atoms with E-state index in [4.69, 9.17) is 5.11 Å². The molecule has 3 N–H and O–H groups in total. The average Bonchev–Trinajstić information content (AvgIpc) is 2.70. The highest BCUT2D eigenvalue weighted by Crippen LogP contribution is 2.08. The van der Waals surface area contributed by atoms with Gasteiger partial charge in [-0.05, 0) is 13.3 Å². The first-order valence-corrected chi connectivity index (χ1v) is 4.40. The fourth-order valence-electron chi connectivity index (χ4n) is 0.888. The van der Waals surface area contributed by atoms with Crippen molar-refractivity contribution in [3.63, 3.8) is 0 Å². The maximum absolute atomic E-state index is 11.5. The Balaban J connectivity index is 2.65. The van der Waals surface area contributed by atoms with Crippen molar-refractivity contribution in [3.8, 4) is 0 Å². The van der Waals surface area contributed by atoms with Crippen molar-refractivity contribution in [2.24, 2.45) is 0 Å². The Bertz CT molecular complexity index is 292. The zero-order valence-electron chi connectivity index (χ0n) is 8.24. The molecule has 1 heterocycles. The Morgan fingerprint density at radius 3 is 2.93 bits per heavy atom. The number of aromatic amines is 1. The van der Waals surface area contributed by atoms with Gasteiger partial charge < -0.3 is 10.4 Å². The smallest absolute Gasteiger partial charge is 0.289 e. The predicted molar refractivity (Wildman–Crippen MR) is 49.6 cm³/mol. The van der Waals surface area contributed by atoms with E-state index in [-0.39, 0.29) is 18.3 Å². The molecule has 0 saturated carbocycles. The van der Waals surface area contributed by atoms with Gasteiger partial charge in [-0.3, -0.25) is 9.89 Å². The highest BCUT2D eigenvalue weighted by Gasteiger charge is 2.24. The second-order valence-corrected chi connectivity index (χ2v) is 3.36. The van der Waals surface area contributed by atoms with E-state index in [1.165, 1.54) is 6.33 Å². The van der Waals surface area contributed by atoms with Crippen molar-refractivity contribution in [1.82, 2.24) is 20.5 Å². The summed E-state index contributed by atoms with van der Waals surface area (Å²) in [5, 5.41) is 17.8. The molecule has 1 atom stereocenters. The Hall–Kier alpha value is -1.43. The van der Waals surface area contributed by atoms with Gasteiger partial charge in [-0.2, -0.15) is 5.10 Å². The summed E-state index contributed by atoms with van der Waals surface area (Å²) in [4.78, 5) is 15.2. The number of nitrogens with zero attached hydrogens (tertiary/aromatic N) is 2. The molecule has 1 rings (SSSR count). The van der Waals surface area contributed by atoms with Crippen LogP contribution in [-0.4, -0.2) is 38.3 Å². The number of carbonyl (C=O) groups is 1. The summed E-state index contributed by atoms with van der Waals surface area (Å²) in [6.07, 6.45) is 1.90. The number of carbonyl (C=O) groups excluding carboxylic acids is 1. The van der Waals surface area contributed by atoms with Crippen molar-refractivity contribution >= 4 is 5.91 Å². The van der Waals surface area contributed by atoms with Gasteiger partial charge in [0.15, 0.2) is 0 Å². The Morgan fingerprint density at radius 1 is 1.79 bits per heavy atom. The molecule has 78 valence electrons. The lowest BCUT2D eigenvalue weighted by Gasteiger charge is -2.26. The van der Waals surface area contributed by atoms with E-state index in [9.17, 15) is 4.79 Å². The zero-order chi connectivity index (χ0) is 10.6. The maximum atomic E-state index is 11.5. The number of amides is 1.